The van der Waals surface area contributed by atoms with E-state index in [9.17, 15) is 4.79 Å². The van der Waals surface area contributed by atoms with E-state index in [0.717, 1.165) is 44.7 Å². The van der Waals surface area contributed by atoms with Crippen molar-refractivity contribution in [3.63, 3.8) is 0 Å². The Labute approximate surface area is 218 Å². The number of hydrogen-bond acceptors (Lipinski definition) is 6. The number of carbonyl (C=O) groups excluding carboxylic acids is 1. The molecule has 0 bridgehead atoms. The number of methoxy groups -OCH3 is 1. The quantitative estimate of drug-likeness (QED) is 0.293. The monoisotopic (exact) mass is 517 g/mol. The lowest BCUT2D eigenvalue weighted by molar-refractivity contribution is -0.0175. The minimum Gasteiger partial charge on any atom is -0.497 e. The molecule has 2 aliphatic heterocycles. The summed E-state index contributed by atoms with van der Waals surface area (Å²) in [5.41, 5.74) is 4.87. The van der Waals surface area contributed by atoms with Crippen molar-refractivity contribution in [2.75, 3.05) is 13.9 Å². The number of halogens is 1. The van der Waals surface area contributed by atoms with Crippen molar-refractivity contribution in [1.29, 1.82) is 0 Å². The highest BCUT2D eigenvalue weighted by Crippen LogP contribution is 2.41. The van der Waals surface area contributed by atoms with E-state index in [1.807, 2.05) is 55.1 Å². The first-order valence-electron chi connectivity index (χ1n) is 11.8. The van der Waals surface area contributed by atoms with Crippen LogP contribution in [0, 0.1) is 6.92 Å². The summed E-state index contributed by atoms with van der Waals surface area (Å²) in [5.74, 6) is 2.70. The van der Waals surface area contributed by atoms with Gasteiger partial charge in [0.15, 0.2) is 12.6 Å². The van der Waals surface area contributed by atoms with Crippen molar-refractivity contribution < 1.29 is 28.5 Å². The molecule has 0 saturated carbocycles. The van der Waals surface area contributed by atoms with E-state index in [1.54, 1.807) is 25.3 Å². The molecule has 8 heteroatoms. The first-order valence-corrected chi connectivity index (χ1v) is 12.2. The summed E-state index contributed by atoms with van der Waals surface area (Å²) >= 11 is 6.29. The van der Waals surface area contributed by atoms with E-state index in [1.165, 1.54) is 0 Å². The van der Waals surface area contributed by atoms with E-state index in [-0.39, 0.29) is 24.9 Å². The van der Waals surface area contributed by atoms with Gasteiger partial charge in [-0.3, -0.25) is 4.79 Å². The van der Waals surface area contributed by atoms with Crippen molar-refractivity contribution in [2.24, 2.45) is 7.05 Å². The fourth-order valence-electron chi connectivity index (χ4n) is 4.83. The SMILES string of the molecule is COc1ccc2c(c1)c(/C=C1\Oc3c(ccc(OCc4cc(Cl)cc5c4OCOC5)c3C)C1=O)cn2C. The number of ketones is 1. The van der Waals surface area contributed by atoms with Gasteiger partial charge in [0, 0.05) is 51.4 Å². The van der Waals surface area contributed by atoms with Crippen LogP contribution in [0.2, 0.25) is 5.02 Å². The van der Waals surface area contributed by atoms with Gasteiger partial charge in [-0.05, 0) is 55.5 Å². The molecule has 0 aliphatic carbocycles. The molecule has 0 saturated heterocycles. The molecule has 0 radical (unpaired) electrons. The van der Waals surface area contributed by atoms with Gasteiger partial charge in [-0.15, -0.1) is 0 Å². The maximum Gasteiger partial charge on any atom is 0.231 e. The second-order valence-electron chi connectivity index (χ2n) is 9.04. The van der Waals surface area contributed by atoms with Gasteiger partial charge in [-0.25, -0.2) is 0 Å². The zero-order chi connectivity index (χ0) is 25.7. The minimum atomic E-state index is -0.165. The van der Waals surface area contributed by atoms with Crippen molar-refractivity contribution in [2.45, 2.75) is 20.1 Å². The molecule has 1 aromatic heterocycles. The predicted molar refractivity (Wildman–Crippen MR) is 140 cm³/mol. The number of carbonyl (C=O) groups is 1. The van der Waals surface area contributed by atoms with E-state index >= 15 is 0 Å². The van der Waals surface area contributed by atoms with Gasteiger partial charge >= 0.3 is 0 Å². The van der Waals surface area contributed by atoms with Gasteiger partial charge in [0.1, 0.15) is 29.6 Å². The number of hydrogen-bond donors (Lipinski definition) is 0. The number of rotatable bonds is 5. The average molecular weight is 518 g/mol. The molecule has 4 aromatic rings. The van der Waals surface area contributed by atoms with Crippen LogP contribution in [0.4, 0.5) is 0 Å². The van der Waals surface area contributed by atoms with Crippen LogP contribution in [0.15, 0.2) is 54.4 Å². The van der Waals surface area contributed by atoms with Gasteiger partial charge in [-0.2, -0.15) is 0 Å². The van der Waals surface area contributed by atoms with Crippen LogP contribution in [-0.4, -0.2) is 24.3 Å². The maximum absolute atomic E-state index is 13.2. The van der Waals surface area contributed by atoms with Crippen LogP contribution in [0.25, 0.3) is 17.0 Å². The Hall–Kier alpha value is -3.94. The molecule has 3 heterocycles. The predicted octanol–water partition coefficient (Wildman–Crippen LogP) is 6.21. The molecular weight excluding hydrogens is 494 g/mol. The first kappa shape index (κ1) is 23.5. The Balaban J connectivity index is 1.29. The Bertz CT molecular complexity index is 1600. The molecule has 7 nitrogen and oxygen atoms in total. The number of aromatic nitrogens is 1. The zero-order valence-corrected chi connectivity index (χ0v) is 21.3. The van der Waals surface area contributed by atoms with Crippen LogP contribution < -0.4 is 18.9 Å². The van der Waals surface area contributed by atoms with Gasteiger partial charge in [0.25, 0.3) is 0 Å². The summed E-state index contributed by atoms with van der Waals surface area (Å²) in [5, 5.41) is 1.56. The fourth-order valence-corrected chi connectivity index (χ4v) is 5.09. The summed E-state index contributed by atoms with van der Waals surface area (Å²) in [4.78, 5) is 13.2. The number of nitrogens with zero attached hydrogens (tertiary/aromatic N) is 1. The molecule has 0 N–H and O–H groups in total. The Morgan fingerprint density at radius 1 is 1.14 bits per heavy atom. The third kappa shape index (κ3) is 4.10. The molecule has 6 rings (SSSR count). The molecule has 0 unspecified atom stereocenters. The third-order valence-corrected chi connectivity index (χ3v) is 6.90. The lowest BCUT2D eigenvalue weighted by atomic mass is 10.1. The average Bonchev–Trinajstić information content (AvgIpc) is 3.39. The fraction of sp³-hybridized carbons (Fsp3) is 0.207. The number of benzene rings is 3. The standard InChI is InChI=1S/C29H24ClNO6/c1-16-25(35-14-19-9-20(30)8-18-13-34-15-36-29(18)19)7-5-22-27(32)26(37-28(16)22)10-17-12-31(2)24-6-4-21(33-3)11-23(17)24/h4-12H,13-15H2,1-3H3/b26-10-. The van der Waals surface area contributed by atoms with Crippen molar-refractivity contribution >= 4 is 34.4 Å². The molecule has 188 valence electrons. The van der Waals surface area contributed by atoms with Gasteiger partial charge in [0.2, 0.25) is 5.78 Å². The molecule has 37 heavy (non-hydrogen) atoms. The molecular formula is C29H24ClNO6. The van der Waals surface area contributed by atoms with Gasteiger partial charge in [-0.1, -0.05) is 11.6 Å². The van der Waals surface area contributed by atoms with E-state index in [4.69, 9.17) is 35.3 Å². The first-order chi connectivity index (χ1) is 17.9. The second-order valence-corrected chi connectivity index (χ2v) is 9.47. The van der Waals surface area contributed by atoms with Gasteiger partial charge in [0.05, 0.1) is 19.3 Å². The van der Waals surface area contributed by atoms with E-state index < -0.39 is 0 Å². The molecule has 2 aliphatic rings. The Kier molecular flexibility index (Phi) is 5.82. The van der Waals surface area contributed by atoms with Crippen LogP contribution in [0.5, 0.6) is 23.0 Å². The normalized spacial score (nSPS) is 15.4. The minimum absolute atomic E-state index is 0.165. The second kappa shape index (κ2) is 9.18. The summed E-state index contributed by atoms with van der Waals surface area (Å²) in [6.07, 6.45) is 3.75. The summed E-state index contributed by atoms with van der Waals surface area (Å²) < 4.78 is 30.7. The van der Waals surface area contributed by atoms with Crippen molar-refractivity contribution in [1.82, 2.24) is 4.57 Å². The number of aryl methyl sites for hydroxylation is 1. The highest BCUT2D eigenvalue weighted by Gasteiger charge is 2.30. The molecule has 0 fully saturated rings. The number of fused-ring (bicyclic) bond motifs is 3. The number of allylic oxidation sites excluding steroid dienone is 1. The molecule has 3 aromatic carbocycles. The van der Waals surface area contributed by atoms with Gasteiger partial charge < -0.3 is 28.3 Å². The van der Waals surface area contributed by atoms with Crippen LogP contribution >= 0.6 is 11.6 Å². The van der Waals surface area contributed by atoms with Crippen molar-refractivity contribution in [3.8, 4) is 23.0 Å². The van der Waals surface area contributed by atoms with Crippen molar-refractivity contribution in [3.05, 3.63) is 87.3 Å². The maximum atomic E-state index is 13.2. The van der Waals surface area contributed by atoms with Crippen LogP contribution in [-0.2, 0) is 25.0 Å². The van der Waals surface area contributed by atoms with E-state index in [0.29, 0.717) is 28.7 Å². The summed E-state index contributed by atoms with van der Waals surface area (Å²) in [7, 11) is 3.60. The number of ether oxygens (including phenoxy) is 5. The lowest BCUT2D eigenvalue weighted by Gasteiger charge is -2.21. The highest BCUT2D eigenvalue weighted by atomic mass is 35.5. The lowest BCUT2D eigenvalue weighted by Crippen LogP contribution is -2.14. The van der Waals surface area contributed by atoms with Crippen LogP contribution in [0.3, 0.4) is 0 Å². The molecule has 0 atom stereocenters. The zero-order valence-electron chi connectivity index (χ0n) is 20.6. The molecule has 0 amide bonds. The largest absolute Gasteiger partial charge is 0.497 e. The Morgan fingerprint density at radius 3 is 2.84 bits per heavy atom. The summed E-state index contributed by atoms with van der Waals surface area (Å²) in [6.45, 7) is 2.76. The summed E-state index contributed by atoms with van der Waals surface area (Å²) in [6, 6.07) is 13.1. The highest BCUT2D eigenvalue weighted by molar-refractivity contribution is 6.30. The molecule has 0 spiro atoms. The topological polar surface area (TPSA) is 68.2 Å². The number of Topliss-reactive ketones (excluding diaryl/α,β-unsaturated/α-hetero) is 1. The smallest absolute Gasteiger partial charge is 0.231 e. The Morgan fingerprint density at radius 2 is 2.00 bits per heavy atom. The van der Waals surface area contributed by atoms with E-state index in [2.05, 4.69) is 0 Å². The third-order valence-electron chi connectivity index (χ3n) is 6.69. The van der Waals surface area contributed by atoms with Crippen LogP contribution in [0.1, 0.15) is 32.6 Å².